The highest BCUT2D eigenvalue weighted by molar-refractivity contribution is 5.85. The Labute approximate surface area is 171 Å². The number of fused-ring (bicyclic) bond motifs is 1. The van der Waals surface area contributed by atoms with Gasteiger partial charge in [0.25, 0.3) is 0 Å². The minimum atomic E-state index is -4.52. The predicted molar refractivity (Wildman–Crippen MR) is 104 cm³/mol. The Balaban J connectivity index is 1.64. The Morgan fingerprint density at radius 3 is 2.70 bits per heavy atom. The molecule has 7 nitrogen and oxygen atoms in total. The van der Waals surface area contributed by atoms with Crippen LogP contribution in [0.25, 0.3) is 11.0 Å². The van der Waals surface area contributed by atoms with Gasteiger partial charge in [-0.25, -0.2) is 9.67 Å². The van der Waals surface area contributed by atoms with Crippen molar-refractivity contribution in [3.05, 3.63) is 41.0 Å². The zero-order valence-corrected chi connectivity index (χ0v) is 17.0. The van der Waals surface area contributed by atoms with Gasteiger partial charge in [0.05, 0.1) is 28.4 Å². The van der Waals surface area contributed by atoms with E-state index in [1.165, 1.54) is 11.6 Å². The molecule has 30 heavy (non-hydrogen) atoms. The summed E-state index contributed by atoms with van der Waals surface area (Å²) in [4.78, 5) is 17.1. The number of nitrogens with one attached hydrogen (secondary N) is 1. The van der Waals surface area contributed by atoms with Crippen molar-refractivity contribution in [2.45, 2.75) is 64.8 Å². The second kappa shape index (κ2) is 7.41. The van der Waals surface area contributed by atoms with Crippen LogP contribution in [0.1, 0.15) is 61.3 Å². The van der Waals surface area contributed by atoms with Crippen LogP contribution >= 0.6 is 0 Å². The van der Waals surface area contributed by atoms with E-state index >= 15 is 0 Å². The van der Waals surface area contributed by atoms with Gasteiger partial charge in [-0.2, -0.15) is 23.4 Å². The van der Waals surface area contributed by atoms with E-state index < -0.39 is 11.7 Å². The molecule has 1 amide bonds. The molecule has 3 aromatic rings. The van der Waals surface area contributed by atoms with E-state index in [9.17, 15) is 18.0 Å². The van der Waals surface area contributed by atoms with Crippen molar-refractivity contribution in [3.63, 3.8) is 0 Å². The van der Waals surface area contributed by atoms with Crippen LogP contribution in [0.15, 0.2) is 18.3 Å². The van der Waals surface area contributed by atoms with Crippen molar-refractivity contribution in [2.24, 2.45) is 0 Å². The number of alkyl halides is 3. The van der Waals surface area contributed by atoms with Crippen molar-refractivity contribution < 1.29 is 18.0 Å². The predicted octanol–water partition coefficient (Wildman–Crippen LogP) is 3.73. The van der Waals surface area contributed by atoms with Crippen LogP contribution in [0.5, 0.6) is 0 Å². The SMILES string of the molecule is CCn1nccc1[C@@H](C)NC(=O)Cn1nc(C)c2c(C(F)(F)F)cc(C3CC3)nc21. The van der Waals surface area contributed by atoms with Crippen LogP contribution in [0, 0.1) is 6.92 Å². The third-order valence-corrected chi connectivity index (χ3v) is 5.36. The Bertz CT molecular complexity index is 1100. The van der Waals surface area contributed by atoms with E-state index in [-0.39, 0.29) is 41.1 Å². The first-order chi connectivity index (χ1) is 14.2. The Morgan fingerprint density at radius 2 is 2.07 bits per heavy atom. The van der Waals surface area contributed by atoms with Gasteiger partial charge in [-0.15, -0.1) is 0 Å². The largest absolute Gasteiger partial charge is 0.417 e. The van der Waals surface area contributed by atoms with E-state index in [0.29, 0.717) is 12.2 Å². The number of aryl methyl sites for hydroxylation is 2. The molecule has 0 saturated heterocycles. The lowest BCUT2D eigenvalue weighted by atomic mass is 10.1. The number of carbonyl (C=O) groups is 1. The molecule has 0 aromatic carbocycles. The van der Waals surface area contributed by atoms with E-state index in [1.54, 1.807) is 10.9 Å². The minimum absolute atomic E-state index is 0.0438. The van der Waals surface area contributed by atoms with E-state index in [0.717, 1.165) is 24.6 Å². The smallest absolute Gasteiger partial charge is 0.346 e. The maximum absolute atomic E-state index is 13.7. The Morgan fingerprint density at radius 1 is 1.33 bits per heavy atom. The number of nitrogens with zero attached hydrogens (tertiary/aromatic N) is 5. The zero-order valence-electron chi connectivity index (χ0n) is 17.0. The lowest BCUT2D eigenvalue weighted by Gasteiger charge is -2.15. The fourth-order valence-corrected chi connectivity index (χ4v) is 3.77. The van der Waals surface area contributed by atoms with Crippen molar-refractivity contribution in [3.8, 4) is 0 Å². The zero-order chi connectivity index (χ0) is 21.6. The second-order valence-corrected chi connectivity index (χ2v) is 7.67. The lowest BCUT2D eigenvalue weighted by molar-refractivity contribution is -0.136. The summed E-state index contributed by atoms with van der Waals surface area (Å²) in [5.41, 5.74) is 0.832. The van der Waals surface area contributed by atoms with Crippen LogP contribution in [0.3, 0.4) is 0 Å². The number of hydrogen-bond donors (Lipinski definition) is 1. The topological polar surface area (TPSA) is 77.6 Å². The lowest BCUT2D eigenvalue weighted by Crippen LogP contribution is -2.31. The molecule has 0 radical (unpaired) electrons. The molecule has 0 unspecified atom stereocenters. The third-order valence-electron chi connectivity index (χ3n) is 5.36. The maximum atomic E-state index is 13.7. The first kappa shape index (κ1) is 20.4. The van der Waals surface area contributed by atoms with Gasteiger partial charge in [-0.05, 0) is 45.7 Å². The molecule has 1 fully saturated rings. The van der Waals surface area contributed by atoms with Crippen LogP contribution < -0.4 is 5.32 Å². The summed E-state index contributed by atoms with van der Waals surface area (Å²) < 4.78 is 44.1. The number of aromatic nitrogens is 5. The third kappa shape index (κ3) is 3.78. The molecule has 1 aliphatic rings. The van der Waals surface area contributed by atoms with Crippen LogP contribution in [0.2, 0.25) is 0 Å². The molecule has 10 heteroatoms. The molecule has 0 aliphatic heterocycles. The van der Waals surface area contributed by atoms with Crippen molar-refractivity contribution in [1.82, 2.24) is 29.9 Å². The highest BCUT2D eigenvalue weighted by Gasteiger charge is 2.37. The van der Waals surface area contributed by atoms with Crippen molar-refractivity contribution in [2.75, 3.05) is 0 Å². The van der Waals surface area contributed by atoms with Gasteiger partial charge in [-0.1, -0.05) is 0 Å². The van der Waals surface area contributed by atoms with Crippen LogP contribution in [0.4, 0.5) is 13.2 Å². The first-order valence-corrected chi connectivity index (χ1v) is 9.95. The summed E-state index contributed by atoms with van der Waals surface area (Å²) in [7, 11) is 0. The first-order valence-electron chi connectivity index (χ1n) is 9.95. The molecular formula is C20H23F3N6O. The molecule has 4 rings (SSSR count). The number of pyridine rings is 1. The summed E-state index contributed by atoms with van der Waals surface area (Å²) in [6.45, 7) is 5.74. The van der Waals surface area contributed by atoms with Gasteiger partial charge >= 0.3 is 6.18 Å². The van der Waals surface area contributed by atoms with E-state index in [4.69, 9.17) is 0 Å². The number of carbonyl (C=O) groups excluding carboxylic acids is 1. The van der Waals surface area contributed by atoms with Gasteiger partial charge in [0.15, 0.2) is 5.65 Å². The quantitative estimate of drug-likeness (QED) is 0.659. The van der Waals surface area contributed by atoms with Crippen molar-refractivity contribution >= 4 is 16.9 Å². The van der Waals surface area contributed by atoms with Crippen LogP contribution in [-0.2, 0) is 24.1 Å². The van der Waals surface area contributed by atoms with Gasteiger partial charge < -0.3 is 5.32 Å². The summed E-state index contributed by atoms with van der Waals surface area (Å²) in [6.07, 6.45) is -1.20. The molecule has 1 N–H and O–H groups in total. The average molecular weight is 420 g/mol. The molecule has 1 atom stereocenters. The molecule has 1 saturated carbocycles. The summed E-state index contributed by atoms with van der Waals surface area (Å²) in [5, 5.41) is 11.2. The normalized spacial score (nSPS) is 15.5. The number of rotatable bonds is 6. The van der Waals surface area contributed by atoms with Gasteiger partial charge in [0.1, 0.15) is 6.54 Å². The fraction of sp³-hybridized carbons (Fsp3) is 0.500. The van der Waals surface area contributed by atoms with Crippen LogP contribution in [-0.4, -0.2) is 30.5 Å². The Hall–Kier alpha value is -2.91. The standard InChI is InChI=1S/C20H23F3N6O/c1-4-28-16(7-8-24-28)11(2)25-17(30)10-29-19-18(12(3)27-29)14(20(21,22)23)9-15(26-19)13-5-6-13/h7-9,11,13H,4-6,10H2,1-3H3,(H,25,30)/t11-/m1/s1. The van der Waals surface area contributed by atoms with Crippen molar-refractivity contribution in [1.29, 1.82) is 0 Å². The molecule has 160 valence electrons. The van der Waals surface area contributed by atoms with E-state index in [2.05, 4.69) is 20.5 Å². The molecule has 0 spiro atoms. The number of halogens is 3. The number of amides is 1. The molecule has 0 bridgehead atoms. The highest BCUT2D eigenvalue weighted by Crippen LogP contribution is 2.43. The second-order valence-electron chi connectivity index (χ2n) is 7.67. The molecule has 1 aliphatic carbocycles. The van der Waals surface area contributed by atoms with Gasteiger partial charge in [0, 0.05) is 24.4 Å². The Kier molecular flexibility index (Phi) is 5.03. The minimum Gasteiger partial charge on any atom is -0.346 e. The summed E-state index contributed by atoms with van der Waals surface area (Å²) in [6, 6.07) is 2.65. The highest BCUT2D eigenvalue weighted by atomic mass is 19.4. The average Bonchev–Trinajstić information content (AvgIpc) is 3.33. The fourth-order valence-electron chi connectivity index (χ4n) is 3.77. The maximum Gasteiger partial charge on any atom is 0.417 e. The number of hydrogen-bond acceptors (Lipinski definition) is 4. The van der Waals surface area contributed by atoms with Gasteiger partial charge in [0.2, 0.25) is 5.91 Å². The summed E-state index contributed by atoms with van der Waals surface area (Å²) in [5.74, 6) is -0.315. The van der Waals surface area contributed by atoms with Gasteiger partial charge in [-0.3, -0.25) is 9.48 Å². The molecular weight excluding hydrogens is 397 g/mol. The molecule has 3 heterocycles. The monoisotopic (exact) mass is 420 g/mol. The molecule has 3 aromatic heterocycles. The van der Waals surface area contributed by atoms with E-state index in [1.807, 2.05) is 19.9 Å². The summed E-state index contributed by atoms with van der Waals surface area (Å²) >= 11 is 0.